The lowest BCUT2D eigenvalue weighted by Gasteiger charge is -2.36. The molecule has 1 amide bonds. The molecular weight excluding hydrogens is 446 g/mol. The van der Waals surface area contributed by atoms with E-state index in [4.69, 9.17) is 9.72 Å². The number of imidazole rings is 1. The van der Waals surface area contributed by atoms with Crippen LogP contribution in [-0.2, 0) is 11.3 Å². The lowest BCUT2D eigenvalue weighted by molar-refractivity contribution is -0.130. The number of fused-ring (bicyclic) bond motifs is 3. The van der Waals surface area contributed by atoms with Crippen LogP contribution in [0.15, 0.2) is 30.7 Å². The number of likely N-dealkylation sites (tertiary alicyclic amines) is 1. The van der Waals surface area contributed by atoms with Crippen LogP contribution in [0.3, 0.4) is 0 Å². The van der Waals surface area contributed by atoms with Gasteiger partial charge in [0.25, 0.3) is 0 Å². The Kier molecular flexibility index (Phi) is 6.33. The lowest BCUT2D eigenvalue weighted by Crippen LogP contribution is -2.46. The zero-order chi connectivity index (χ0) is 24.7. The van der Waals surface area contributed by atoms with Crippen LogP contribution in [0.2, 0.25) is 0 Å². The molecule has 2 atom stereocenters. The maximum atomic E-state index is 12.1. The average Bonchev–Trinajstić information content (AvgIpc) is 3.43. The molecule has 2 aromatic heterocycles. The van der Waals surface area contributed by atoms with Crippen LogP contribution < -0.4 is 4.74 Å². The van der Waals surface area contributed by atoms with Crippen molar-refractivity contribution in [1.29, 1.82) is 0 Å². The maximum Gasteiger partial charge on any atom is 0.236 e. The first-order valence-electron chi connectivity index (χ1n) is 12.2. The van der Waals surface area contributed by atoms with Crippen molar-refractivity contribution in [3.63, 3.8) is 0 Å². The monoisotopic (exact) mass is 479 g/mol. The van der Waals surface area contributed by atoms with Crippen LogP contribution >= 0.6 is 0 Å². The number of β-amino-alcohol motifs (C(OH)–C–C–N with tert-alkyl or cyclic N) is 1. The number of carbonyl (C=O) groups is 1. The van der Waals surface area contributed by atoms with Crippen LogP contribution in [-0.4, -0.2) is 91.6 Å². The highest BCUT2D eigenvalue weighted by atomic mass is 16.5. The summed E-state index contributed by atoms with van der Waals surface area (Å²) in [6.07, 6.45) is 3.82. The molecule has 0 spiro atoms. The van der Waals surface area contributed by atoms with Gasteiger partial charge < -0.3 is 19.3 Å². The number of carbonyl (C=O) groups excluding carboxylic acids is 1. The number of benzene rings is 1. The number of hydrogen-bond acceptors (Lipinski definition) is 7. The highest BCUT2D eigenvalue weighted by Gasteiger charge is 2.31. The Morgan fingerprint density at radius 3 is 2.83 bits per heavy atom. The molecule has 0 radical (unpaired) electrons. The number of likely N-dealkylation sites (N-methyl/N-ethyl adjacent to an activating group) is 1. The first-order chi connectivity index (χ1) is 16.8. The highest BCUT2D eigenvalue weighted by Crippen LogP contribution is 2.38. The second kappa shape index (κ2) is 9.43. The van der Waals surface area contributed by atoms with Gasteiger partial charge in [0.15, 0.2) is 5.82 Å². The molecule has 2 aliphatic rings. The molecule has 35 heavy (non-hydrogen) atoms. The van der Waals surface area contributed by atoms with Gasteiger partial charge >= 0.3 is 0 Å². The highest BCUT2D eigenvalue weighted by molar-refractivity contribution is 5.77. The van der Waals surface area contributed by atoms with Gasteiger partial charge in [-0.05, 0) is 44.5 Å². The number of aliphatic hydroxyl groups is 1. The summed E-state index contributed by atoms with van der Waals surface area (Å²) in [5.41, 5.74) is 2.77. The summed E-state index contributed by atoms with van der Waals surface area (Å²) in [4.78, 5) is 25.0. The SMILES string of the molecule is CC(C)n1ncnc1-c1cn2c(n1)-c1ccc([C@@H]3CCN(CC(=O)N(C)C)C[C@H]3O)cc1OCC2. The molecule has 4 heterocycles. The Bertz CT molecular complexity index is 1220. The Balaban J connectivity index is 1.38. The molecule has 5 rings (SSSR count). The number of aliphatic hydroxyl groups excluding tert-OH is 1. The summed E-state index contributed by atoms with van der Waals surface area (Å²) in [5, 5.41) is 15.2. The summed E-state index contributed by atoms with van der Waals surface area (Å²) in [5.74, 6) is 2.42. The van der Waals surface area contributed by atoms with Gasteiger partial charge in [0, 0.05) is 38.8 Å². The largest absolute Gasteiger partial charge is 0.491 e. The standard InChI is InChI=1S/C25H33N7O3/c1-16(2)32-25(26-15-27-32)20-12-31-9-10-35-22-11-17(5-6-19(22)24(31)28-20)18-7-8-30(13-21(18)33)14-23(34)29(3)4/h5-6,11-12,15-16,18,21,33H,7-10,13-14H2,1-4H3/t18-,21+/m0/s1. The molecule has 0 unspecified atom stereocenters. The van der Waals surface area contributed by atoms with E-state index in [0.29, 0.717) is 26.2 Å². The Labute approximate surface area is 205 Å². The van der Waals surface area contributed by atoms with Crippen LogP contribution in [0.4, 0.5) is 0 Å². The van der Waals surface area contributed by atoms with Gasteiger partial charge in [-0.2, -0.15) is 5.10 Å². The summed E-state index contributed by atoms with van der Waals surface area (Å²) in [7, 11) is 3.51. The Morgan fingerprint density at radius 2 is 2.09 bits per heavy atom. The van der Waals surface area contributed by atoms with Crippen LogP contribution in [0.1, 0.15) is 37.8 Å². The first-order valence-corrected chi connectivity index (χ1v) is 12.2. The fourth-order valence-electron chi connectivity index (χ4n) is 4.91. The molecule has 1 fully saturated rings. The second-order valence-corrected chi connectivity index (χ2v) is 9.85. The molecule has 186 valence electrons. The van der Waals surface area contributed by atoms with E-state index in [2.05, 4.69) is 34.6 Å². The minimum absolute atomic E-state index is 0.00207. The molecule has 0 bridgehead atoms. The van der Waals surface area contributed by atoms with Crippen LogP contribution in [0.5, 0.6) is 5.75 Å². The van der Waals surface area contributed by atoms with E-state index in [1.54, 1.807) is 25.3 Å². The molecule has 1 aromatic carbocycles. The summed E-state index contributed by atoms with van der Waals surface area (Å²) in [6.45, 7) is 6.94. The Hall–Kier alpha value is -3.24. The minimum Gasteiger partial charge on any atom is -0.491 e. The van der Waals surface area contributed by atoms with Gasteiger partial charge in [0.1, 0.15) is 30.2 Å². The number of hydrogen-bond donors (Lipinski definition) is 1. The smallest absolute Gasteiger partial charge is 0.236 e. The third-order valence-corrected chi connectivity index (χ3v) is 6.86. The van der Waals surface area contributed by atoms with Gasteiger partial charge in [0.2, 0.25) is 5.91 Å². The summed E-state index contributed by atoms with van der Waals surface area (Å²) in [6, 6.07) is 6.34. The van der Waals surface area contributed by atoms with Gasteiger partial charge in [0.05, 0.1) is 24.8 Å². The molecule has 0 saturated carbocycles. The predicted molar refractivity (Wildman–Crippen MR) is 131 cm³/mol. The van der Waals surface area contributed by atoms with E-state index < -0.39 is 6.10 Å². The van der Waals surface area contributed by atoms with E-state index >= 15 is 0 Å². The zero-order valence-electron chi connectivity index (χ0n) is 20.8. The number of ether oxygens (including phenoxy) is 1. The topological polar surface area (TPSA) is 102 Å². The number of rotatable bonds is 5. The van der Waals surface area contributed by atoms with Crippen molar-refractivity contribution >= 4 is 5.91 Å². The quantitative estimate of drug-likeness (QED) is 0.597. The molecule has 10 heteroatoms. The molecular formula is C25H33N7O3. The summed E-state index contributed by atoms with van der Waals surface area (Å²) >= 11 is 0. The van der Waals surface area contributed by atoms with Gasteiger partial charge in [-0.15, -0.1) is 0 Å². The maximum absolute atomic E-state index is 12.1. The van der Waals surface area contributed by atoms with Crippen molar-refractivity contribution < 1.29 is 14.6 Å². The lowest BCUT2D eigenvalue weighted by atomic mass is 9.86. The van der Waals surface area contributed by atoms with E-state index in [1.807, 2.05) is 27.9 Å². The zero-order valence-corrected chi connectivity index (χ0v) is 20.8. The van der Waals surface area contributed by atoms with Gasteiger partial charge in [-0.3, -0.25) is 9.69 Å². The number of amides is 1. The molecule has 2 aliphatic heterocycles. The van der Waals surface area contributed by atoms with Gasteiger partial charge in [-0.25, -0.2) is 14.6 Å². The second-order valence-electron chi connectivity index (χ2n) is 9.85. The number of piperidine rings is 1. The van der Waals surface area contributed by atoms with Crippen molar-refractivity contribution in [2.24, 2.45) is 0 Å². The molecule has 0 aliphatic carbocycles. The molecule has 1 N–H and O–H groups in total. The first kappa shape index (κ1) is 23.5. The third kappa shape index (κ3) is 4.55. The van der Waals surface area contributed by atoms with Crippen LogP contribution in [0.25, 0.3) is 22.9 Å². The van der Waals surface area contributed by atoms with Gasteiger partial charge in [-0.1, -0.05) is 6.07 Å². The summed E-state index contributed by atoms with van der Waals surface area (Å²) < 4.78 is 10.1. The van der Waals surface area contributed by atoms with Crippen molar-refractivity contribution in [3.8, 4) is 28.7 Å². The minimum atomic E-state index is -0.543. The molecule has 3 aromatic rings. The van der Waals surface area contributed by atoms with Crippen molar-refractivity contribution in [2.75, 3.05) is 40.3 Å². The normalized spacial score (nSPS) is 20.2. The van der Waals surface area contributed by atoms with E-state index in [9.17, 15) is 9.90 Å². The third-order valence-electron chi connectivity index (χ3n) is 6.86. The fourth-order valence-corrected chi connectivity index (χ4v) is 4.91. The molecule has 10 nitrogen and oxygen atoms in total. The van der Waals surface area contributed by atoms with Crippen LogP contribution in [0, 0.1) is 0 Å². The predicted octanol–water partition coefficient (Wildman–Crippen LogP) is 2.02. The molecule has 1 saturated heterocycles. The fraction of sp³-hybridized carbons (Fsp3) is 0.520. The van der Waals surface area contributed by atoms with E-state index in [0.717, 1.165) is 47.2 Å². The van der Waals surface area contributed by atoms with Crippen molar-refractivity contribution in [3.05, 3.63) is 36.3 Å². The number of nitrogens with zero attached hydrogens (tertiary/aromatic N) is 7. The number of aromatic nitrogens is 5. The average molecular weight is 480 g/mol. The van der Waals surface area contributed by atoms with E-state index in [-0.39, 0.29) is 17.9 Å². The van der Waals surface area contributed by atoms with Crippen molar-refractivity contribution in [2.45, 2.75) is 44.9 Å². The van der Waals surface area contributed by atoms with Crippen molar-refractivity contribution in [1.82, 2.24) is 34.1 Å². The van der Waals surface area contributed by atoms with E-state index in [1.165, 1.54) is 0 Å². The Morgan fingerprint density at radius 1 is 1.26 bits per heavy atom.